The van der Waals surface area contributed by atoms with Gasteiger partial charge >= 0.3 is 0 Å². The molecule has 1 amide bonds. The SMILES string of the molecule is COc1ccc(NC(=O)Sc2ccc(OC)cc2)cc1. The minimum absolute atomic E-state index is 0.139. The molecule has 0 saturated heterocycles. The average Bonchev–Trinajstić information content (AvgIpc) is 2.49. The van der Waals surface area contributed by atoms with Crippen molar-refractivity contribution in [2.24, 2.45) is 0 Å². The molecule has 4 nitrogen and oxygen atoms in total. The number of rotatable bonds is 4. The van der Waals surface area contributed by atoms with Crippen molar-refractivity contribution in [2.75, 3.05) is 19.5 Å². The van der Waals surface area contributed by atoms with E-state index in [-0.39, 0.29) is 5.24 Å². The molecule has 0 aromatic heterocycles. The maximum absolute atomic E-state index is 11.9. The van der Waals surface area contributed by atoms with Crippen molar-refractivity contribution in [2.45, 2.75) is 4.90 Å². The van der Waals surface area contributed by atoms with E-state index in [2.05, 4.69) is 5.32 Å². The molecule has 0 unspecified atom stereocenters. The minimum Gasteiger partial charge on any atom is -0.497 e. The standard InChI is InChI=1S/C15H15NO3S/c1-18-12-5-3-11(4-6-12)16-15(17)20-14-9-7-13(19-2)8-10-14/h3-10H,1-2H3,(H,16,17). The van der Waals surface area contributed by atoms with Crippen molar-refractivity contribution in [3.8, 4) is 11.5 Å². The fourth-order valence-corrected chi connectivity index (χ4v) is 2.22. The molecule has 1 N–H and O–H groups in total. The predicted octanol–water partition coefficient (Wildman–Crippen LogP) is 4.03. The Kier molecular flexibility index (Phi) is 4.90. The van der Waals surface area contributed by atoms with Crippen LogP contribution in [-0.4, -0.2) is 19.5 Å². The molecule has 0 atom stereocenters. The minimum atomic E-state index is -0.139. The van der Waals surface area contributed by atoms with E-state index >= 15 is 0 Å². The van der Waals surface area contributed by atoms with Crippen molar-refractivity contribution in [3.63, 3.8) is 0 Å². The Bertz CT molecular complexity index is 515. The lowest BCUT2D eigenvalue weighted by Crippen LogP contribution is -2.04. The normalized spacial score (nSPS) is 9.90. The number of anilines is 1. The third kappa shape index (κ3) is 3.93. The fraction of sp³-hybridized carbons (Fsp3) is 0.133. The van der Waals surface area contributed by atoms with Crippen molar-refractivity contribution >= 4 is 22.7 Å². The predicted molar refractivity (Wildman–Crippen MR) is 80.9 cm³/mol. The van der Waals surface area contributed by atoms with Crippen LogP contribution >= 0.6 is 11.8 Å². The maximum atomic E-state index is 11.9. The number of hydrogen-bond donors (Lipinski definition) is 1. The van der Waals surface area contributed by atoms with Gasteiger partial charge in [-0.25, -0.2) is 0 Å². The second kappa shape index (κ2) is 6.86. The summed E-state index contributed by atoms with van der Waals surface area (Å²) in [5.74, 6) is 1.52. The van der Waals surface area contributed by atoms with E-state index in [1.807, 2.05) is 24.3 Å². The maximum Gasteiger partial charge on any atom is 0.288 e. The Morgan fingerprint density at radius 2 is 1.40 bits per heavy atom. The summed E-state index contributed by atoms with van der Waals surface area (Å²) in [5.41, 5.74) is 0.733. The third-order valence-corrected chi connectivity index (χ3v) is 3.40. The molecule has 0 bridgehead atoms. The molecule has 0 fully saturated rings. The van der Waals surface area contributed by atoms with Gasteiger partial charge < -0.3 is 14.8 Å². The summed E-state index contributed by atoms with van der Waals surface area (Å²) < 4.78 is 10.1. The highest BCUT2D eigenvalue weighted by atomic mass is 32.2. The van der Waals surface area contributed by atoms with Gasteiger partial charge in [-0.3, -0.25) is 4.79 Å². The van der Waals surface area contributed by atoms with Crippen LogP contribution in [0.3, 0.4) is 0 Å². The van der Waals surface area contributed by atoms with Gasteiger partial charge in [-0.1, -0.05) is 0 Å². The van der Waals surface area contributed by atoms with Crippen LogP contribution in [0.4, 0.5) is 10.5 Å². The van der Waals surface area contributed by atoms with Crippen molar-refractivity contribution in [1.82, 2.24) is 0 Å². The Morgan fingerprint density at radius 1 is 0.900 bits per heavy atom. The third-order valence-electron chi connectivity index (χ3n) is 2.61. The number of methoxy groups -OCH3 is 2. The number of nitrogens with one attached hydrogen (secondary N) is 1. The zero-order valence-corrected chi connectivity index (χ0v) is 12.1. The summed E-state index contributed by atoms with van der Waals surface area (Å²) in [6, 6.07) is 14.5. The Hall–Kier alpha value is -2.14. The number of thioether (sulfide) groups is 1. The topological polar surface area (TPSA) is 47.6 Å². The fourth-order valence-electron chi connectivity index (χ4n) is 1.57. The van der Waals surface area contributed by atoms with Gasteiger partial charge in [0.25, 0.3) is 5.24 Å². The van der Waals surface area contributed by atoms with E-state index in [1.165, 1.54) is 0 Å². The molecule has 0 spiro atoms. The molecule has 2 aromatic rings. The Morgan fingerprint density at radius 3 is 1.90 bits per heavy atom. The summed E-state index contributed by atoms with van der Waals surface area (Å²) >= 11 is 1.13. The van der Waals surface area contributed by atoms with E-state index in [4.69, 9.17) is 9.47 Å². The van der Waals surface area contributed by atoms with E-state index in [1.54, 1.807) is 38.5 Å². The van der Waals surface area contributed by atoms with Crippen LogP contribution in [0.25, 0.3) is 0 Å². The van der Waals surface area contributed by atoms with Crippen molar-refractivity contribution < 1.29 is 14.3 Å². The number of carbonyl (C=O) groups is 1. The summed E-state index contributed by atoms with van der Waals surface area (Å²) in [6.07, 6.45) is 0. The van der Waals surface area contributed by atoms with Gasteiger partial charge in [-0.2, -0.15) is 0 Å². The first-order chi connectivity index (χ1) is 9.71. The summed E-state index contributed by atoms with van der Waals surface area (Å²) in [5, 5.41) is 2.67. The van der Waals surface area contributed by atoms with Gasteiger partial charge in [0, 0.05) is 10.6 Å². The van der Waals surface area contributed by atoms with E-state index in [0.29, 0.717) is 0 Å². The largest absolute Gasteiger partial charge is 0.497 e. The Labute approximate surface area is 122 Å². The molecule has 0 radical (unpaired) electrons. The van der Waals surface area contributed by atoms with Gasteiger partial charge in [0.2, 0.25) is 0 Å². The second-order valence-corrected chi connectivity index (χ2v) is 4.96. The molecule has 20 heavy (non-hydrogen) atoms. The first-order valence-corrected chi connectivity index (χ1v) is 6.80. The molecule has 0 aliphatic heterocycles. The highest BCUT2D eigenvalue weighted by Gasteiger charge is 2.05. The van der Waals surface area contributed by atoms with Crippen LogP contribution in [-0.2, 0) is 0 Å². The molecule has 5 heteroatoms. The molecular weight excluding hydrogens is 274 g/mol. The molecule has 2 rings (SSSR count). The summed E-state index contributed by atoms with van der Waals surface area (Å²) in [6.45, 7) is 0. The smallest absolute Gasteiger partial charge is 0.288 e. The summed E-state index contributed by atoms with van der Waals surface area (Å²) in [4.78, 5) is 12.7. The molecule has 2 aromatic carbocycles. The van der Waals surface area contributed by atoms with Crippen LogP contribution in [0.1, 0.15) is 0 Å². The van der Waals surface area contributed by atoms with Gasteiger partial charge in [0.1, 0.15) is 11.5 Å². The zero-order valence-electron chi connectivity index (χ0n) is 11.3. The summed E-state index contributed by atoms with van der Waals surface area (Å²) in [7, 11) is 3.21. The Balaban J connectivity index is 1.93. The quantitative estimate of drug-likeness (QED) is 0.863. The lowest BCUT2D eigenvalue weighted by molar-refractivity contribution is 0.270. The van der Waals surface area contributed by atoms with Crippen molar-refractivity contribution in [1.29, 1.82) is 0 Å². The first kappa shape index (κ1) is 14.3. The van der Waals surface area contributed by atoms with Gasteiger partial charge in [0.15, 0.2) is 0 Å². The zero-order chi connectivity index (χ0) is 14.4. The van der Waals surface area contributed by atoms with Gasteiger partial charge in [-0.05, 0) is 60.3 Å². The number of carbonyl (C=O) groups excluding carboxylic acids is 1. The molecule has 0 heterocycles. The van der Waals surface area contributed by atoms with Crippen molar-refractivity contribution in [3.05, 3.63) is 48.5 Å². The van der Waals surface area contributed by atoms with Crippen LogP contribution < -0.4 is 14.8 Å². The molecule has 104 valence electrons. The number of ether oxygens (including phenoxy) is 2. The average molecular weight is 289 g/mol. The number of hydrogen-bond acceptors (Lipinski definition) is 4. The van der Waals surface area contributed by atoms with E-state index < -0.39 is 0 Å². The molecule has 0 saturated carbocycles. The highest BCUT2D eigenvalue weighted by molar-refractivity contribution is 8.13. The molecule has 0 aliphatic rings. The molecular formula is C15H15NO3S. The van der Waals surface area contributed by atoms with E-state index in [9.17, 15) is 4.79 Å². The first-order valence-electron chi connectivity index (χ1n) is 5.98. The van der Waals surface area contributed by atoms with Crippen LogP contribution in [0.2, 0.25) is 0 Å². The van der Waals surface area contributed by atoms with Gasteiger partial charge in [0.05, 0.1) is 14.2 Å². The van der Waals surface area contributed by atoms with Crippen LogP contribution in [0, 0.1) is 0 Å². The van der Waals surface area contributed by atoms with E-state index in [0.717, 1.165) is 33.8 Å². The number of amides is 1. The van der Waals surface area contributed by atoms with Crippen LogP contribution in [0.15, 0.2) is 53.4 Å². The highest BCUT2D eigenvalue weighted by Crippen LogP contribution is 2.24. The number of benzene rings is 2. The van der Waals surface area contributed by atoms with Crippen LogP contribution in [0.5, 0.6) is 11.5 Å². The second-order valence-electron chi connectivity index (χ2n) is 3.92. The monoisotopic (exact) mass is 289 g/mol. The molecule has 0 aliphatic carbocycles. The van der Waals surface area contributed by atoms with Gasteiger partial charge in [-0.15, -0.1) is 0 Å². The lowest BCUT2D eigenvalue weighted by atomic mass is 10.3. The lowest BCUT2D eigenvalue weighted by Gasteiger charge is -2.06.